The van der Waals surface area contributed by atoms with Crippen molar-refractivity contribution in [1.82, 2.24) is 24.7 Å². The molecule has 26 heavy (non-hydrogen) atoms. The zero-order valence-electron chi connectivity index (χ0n) is 13.7. The van der Waals surface area contributed by atoms with E-state index in [0.717, 1.165) is 18.9 Å². The average molecular weight is 357 g/mol. The van der Waals surface area contributed by atoms with Gasteiger partial charge in [-0.1, -0.05) is 0 Å². The molecule has 3 aromatic rings. The summed E-state index contributed by atoms with van der Waals surface area (Å²) in [5.41, 5.74) is -0.0000484. The number of aromatic nitrogens is 5. The van der Waals surface area contributed by atoms with E-state index in [0.29, 0.717) is 30.3 Å². The Bertz CT molecular complexity index is 869. The zero-order valence-corrected chi connectivity index (χ0v) is 13.7. The summed E-state index contributed by atoms with van der Waals surface area (Å²) in [6.07, 6.45) is 6.63. The molecular weight excluding hydrogens is 341 g/mol. The van der Waals surface area contributed by atoms with Gasteiger partial charge in [0.25, 0.3) is 0 Å². The van der Waals surface area contributed by atoms with Gasteiger partial charge in [0.05, 0.1) is 12.8 Å². The van der Waals surface area contributed by atoms with Gasteiger partial charge in [0.15, 0.2) is 17.3 Å². The van der Waals surface area contributed by atoms with Gasteiger partial charge in [-0.3, -0.25) is 0 Å². The molecule has 0 unspecified atom stereocenters. The monoisotopic (exact) mass is 357 g/mol. The first-order chi connectivity index (χ1) is 12.6. The summed E-state index contributed by atoms with van der Waals surface area (Å²) in [5.74, 6) is -0.908. The molecule has 0 saturated carbocycles. The van der Waals surface area contributed by atoms with Crippen molar-refractivity contribution in [1.29, 1.82) is 0 Å². The molecule has 3 aromatic heterocycles. The standard InChI is InChI=1S/C17H16FN5O3/c18-14-6-4-12(22-16(14)17(24)25)3-1-2-8-26-13-5-7-15(20-9-13)23-11-19-10-21-23/h4-7,9-11H,1-3,8H2,(H,24,25). The van der Waals surface area contributed by atoms with Crippen molar-refractivity contribution < 1.29 is 19.0 Å². The molecule has 8 nitrogen and oxygen atoms in total. The van der Waals surface area contributed by atoms with Crippen LogP contribution in [0.5, 0.6) is 5.75 Å². The lowest BCUT2D eigenvalue weighted by Gasteiger charge is -2.07. The van der Waals surface area contributed by atoms with E-state index in [2.05, 4.69) is 20.1 Å². The van der Waals surface area contributed by atoms with E-state index >= 15 is 0 Å². The first-order valence-corrected chi connectivity index (χ1v) is 7.96. The van der Waals surface area contributed by atoms with Crippen LogP contribution in [0.25, 0.3) is 5.82 Å². The Balaban J connectivity index is 1.43. The Hall–Kier alpha value is -3.36. The van der Waals surface area contributed by atoms with E-state index in [4.69, 9.17) is 9.84 Å². The number of ether oxygens (including phenoxy) is 1. The number of nitrogens with zero attached hydrogens (tertiary/aromatic N) is 5. The molecule has 3 heterocycles. The summed E-state index contributed by atoms with van der Waals surface area (Å²) in [6.45, 7) is 0.483. The molecule has 0 radical (unpaired) electrons. The minimum Gasteiger partial charge on any atom is -0.492 e. The van der Waals surface area contributed by atoms with E-state index in [1.54, 1.807) is 29.3 Å². The number of hydrogen-bond acceptors (Lipinski definition) is 6. The highest BCUT2D eigenvalue weighted by molar-refractivity contribution is 5.85. The van der Waals surface area contributed by atoms with Gasteiger partial charge >= 0.3 is 5.97 Å². The van der Waals surface area contributed by atoms with Crippen molar-refractivity contribution in [3.05, 3.63) is 60.3 Å². The molecule has 0 aliphatic heterocycles. The van der Waals surface area contributed by atoms with Crippen LogP contribution in [0.1, 0.15) is 29.0 Å². The van der Waals surface area contributed by atoms with Crippen LogP contribution in [-0.2, 0) is 6.42 Å². The van der Waals surface area contributed by atoms with Crippen LogP contribution in [0, 0.1) is 5.82 Å². The Morgan fingerprint density at radius 2 is 2.12 bits per heavy atom. The minimum atomic E-state index is -1.37. The quantitative estimate of drug-likeness (QED) is 0.617. The third-order valence-electron chi connectivity index (χ3n) is 3.58. The lowest BCUT2D eigenvalue weighted by atomic mass is 10.1. The molecule has 0 saturated heterocycles. The number of hydrogen-bond donors (Lipinski definition) is 1. The van der Waals surface area contributed by atoms with Gasteiger partial charge in [0, 0.05) is 5.69 Å². The molecule has 134 valence electrons. The highest BCUT2D eigenvalue weighted by atomic mass is 19.1. The van der Waals surface area contributed by atoms with Crippen molar-refractivity contribution in [3.8, 4) is 11.6 Å². The summed E-state index contributed by atoms with van der Waals surface area (Å²) in [5, 5.41) is 12.9. The molecule has 3 rings (SSSR count). The van der Waals surface area contributed by atoms with Gasteiger partial charge in [0.1, 0.15) is 18.4 Å². The summed E-state index contributed by atoms with van der Waals surface area (Å²) in [6, 6.07) is 6.20. The van der Waals surface area contributed by atoms with Crippen LogP contribution in [0.4, 0.5) is 4.39 Å². The summed E-state index contributed by atoms with van der Waals surface area (Å²) < 4.78 is 20.5. The second-order valence-electron chi connectivity index (χ2n) is 5.44. The van der Waals surface area contributed by atoms with Crippen LogP contribution < -0.4 is 4.74 Å². The van der Waals surface area contributed by atoms with Gasteiger partial charge in [-0.15, -0.1) is 0 Å². The SMILES string of the molecule is O=C(O)c1nc(CCCCOc2ccc(-n3cncn3)nc2)ccc1F. The Morgan fingerprint density at radius 1 is 1.23 bits per heavy atom. The second-order valence-corrected chi connectivity index (χ2v) is 5.44. The third-order valence-corrected chi connectivity index (χ3v) is 3.58. The van der Waals surface area contributed by atoms with Crippen molar-refractivity contribution in [2.75, 3.05) is 6.61 Å². The maximum absolute atomic E-state index is 13.3. The molecule has 0 atom stereocenters. The maximum atomic E-state index is 13.3. The topological polar surface area (TPSA) is 103 Å². The zero-order chi connectivity index (χ0) is 18.4. The molecular formula is C17H16FN5O3. The fourth-order valence-corrected chi connectivity index (χ4v) is 2.29. The van der Waals surface area contributed by atoms with Crippen LogP contribution in [0.15, 0.2) is 43.1 Å². The van der Waals surface area contributed by atoms with Gasteiger partial charge in [-0.2, -0.15) is 5.10 Å². The number of carbonyl (C=O) groups is 1. The number of unbranched alkanes of at least 4 members (excludes halogenated alkanes) is 1. The number of carboxylic acid groups (broad SMARTS) is 1. The molecule has 0 spiro atoms. The minimum absolute atomic E-state index is 0.483. The molecule has 9 heteroatoms. The molecule has 0 fully saturated rings. The largest absolute Gasteiger partial charge is 0.492 e. The van der Waals surface area contributed by atoms with E-state index in [1.165, 1.54) is 12.4 Å². The van der Waals surface area contributed by atoms with Gasteiger partial charge < -0.3 is 9.84 Å². The number of halogens is 1. The average Bonchev–Trinajstić information content (AvgIpc) is 3.18. The lowest BCUT2D eigenvalue weighted by Crippen LogP contribution is -2.07. The van der Waals surface area contributed by atoms with E-state index in [1.807, 2.05) is 0 Å². The highest BCUT2D eigenvalue weighted by Gasteiger charge is 2.12. The molecule has 0 aliphatic rings. The van der Waals surface area contributed by atoms with Gasteiger partial charge in [-0.05, 0) is 43.5 Å². The number of pyridine rings is 2. The van der Waals surface area contributed by atoms with Crippen LogP contribution in [0.2, 0.25) is 0 Å². The highest BCUT2D eigenvalue weighted by Crippen LogP contribution is 2.13. The van der Waals surface area contributed by atoms with Gasteiger partial charge in [0.2, 0.25) is 0 Å². The number of aromatic carboxylic acids is 1. The maximum Gasteiger partial charge on any atom is 0.357 e. The normalized spacial score (nSPS) is 10.7. The van der Waals surface area contributed by atoms with Gasteiger partial charge in [-0.25, -0.2) is 28.8 Å². The smallest absolute Gasteiger partial charge is 0.357 e. The molecule has 0 amide bonds. The number of rotatable bonds is 8. The Kier molecular flexibility index (Phi) is 5.47. The second kappa shape index (κ2) is 8.15. The molecule has 0 bridgehead atoms. The summed E-state index contributed by atoms with van der Waals surface area (Å²) in [4.78, 5) is 22.8. The van der Waals surface area contributed by atoms with Crippen LogP contribution in [0.3, 0.4) is 0 Å². The van der Waals surface area contributed by atoms with Crippen LogP contribution in [-0.4, -0.2) is 42.4 Å². The van der Waals surface area contributed by atoms with Crippen molar-refractivity contribution >= 4 is 5.97 Å². The molecule has 0 aliphatic carbocycles. The van der Waals surface area contributed by atoms with Crippen LogP contribution >= 0.6 is 0 Å². The Labute approximate surface area is 148 Å². The number of carboxylic acids is 1. The van der Waals surface area contributed by atoms with Crippen molar-refractivity contribution in [3.63, 3.8) is 0 Å². The van der Waals surface area contributed by atoms with Crippen molar-refractivity contribution in [2.45, 2.75) is 19.3 Å². The first kappa shape index (κ1) is 17.5. The van der Waals surface area contributed by atoms with E-state index < -0.39 is 17.5 Å². The molecule has 1 N–H and O–H groups in total. The predicted octanol–water partition coefficient (Wildman–Crippen LogP) is 2.30. The van der Waals surface area contributed by atoms with E-state index in [-0.39, 0.29) is 0 Å². The summed E-state index contributed by atoms with van der Waals surface area (Å²) in [7, 11) is 0. The van der Waals surface area contributed by atoms with E-state index in [9.17, 15) is 9.18 Å². The fraction of sp³-hybridized carbons (Fsp3) is 0.235. The molecule has 0 aromatic carbocycles. The Morgan fingerprint density at radius 3 is 2.81 bits per heavy atom. The lowest BCUT2D eigenvalue weighted by molar-refractivity contribution is 0.0684. The summed E-state index contributed by atoms with van der Waals surface area (Å²) >= 11 is 0. The third kappa shape index (κ3) is 4.38. The predicted molar refractivity (Wildman–Crippen MR) is 88.7 cm³/mol. The number of aryl methyl sites for hydroxylation is 1. The fourth-order valence-electron chi connectivity index (χ4n) is 2.29. The first-order valence-electron chi connectivity index (χ1n) is 7.96. The van der Waals surface area contributed by atoms with Crippen molar-refractivity contribution in [2.24, 2.45) is 0 Å².